The van der Waals surface area contributed by atoms with E-state index in [4.69, 9.17) is 22.7 Å². The third kappa shape index (κ3) is 3.76. The van der Waals surface area contributed by atoms with E-state index in [0.29, 0.717) is 23.5 Å². The van der Waals surface area contributed by atoms with Crippen LogP contribution in [0.2, 0.25) is 0 Å². The van der Waals surface area contributed by atoms with Crippen molar-refractivity contribution in [3.05, 3.63) is 35.1 Å². The lowest BCUT2D eigenvalue weighted by Gasteiger charge is -2.37. The lowest BCUT2D eigenvalue weighted by atomic mass is 9.91. The van der Waals surface area contributed by atoms with Crippen molar-refractivity contribution in [2.45, 2.75) is 18.9 Å². The van der Waals surface area contributed by atoms with Gasteiger partial charge in [-0.05, 0) is 24.4 Å². The topological polar surface area (TPSA) is 67.9 Å². The molecule has 1 aromatic carbocycles. The van der Waals surface area contributed by atoms with Gasteiger partial charge in [-0.15, -0.1) is 0 Å². The number of nitrogens with zero attached hydrogens (tertiary/aromatic N) is 2. The van der Waals surface area contributed by atoms with Crippen molar-refractivity contribution in [1.29, 1.82) is 0 Å². The molecule has 0 amide bonds. The Hall–Kier alpha value is -1.51. The zero-order valence-corrected chi connectivity index (χ0v) is 15.7. The zero-order chi connectivity index (χ0) is 18.1. The highest BCUT2D eigenvalue weighted by atomic mass is 32.2. The Morgan fingerprint density at radius 1 is 1.62 bits per heavy atom. The molecule has 1 aromatic rings. The van der Waals surface area contributed by atoms with Gasteiger partial charge in [0.2, 0.25) is 5.96 Å². The molecule has 0 saturated carbocycles. The number of aliphatic imine (C=N–C) groups is 1. The average molecular weight is 372 g/mol. The van der Waals surface area contributed by atoms with Crippen LogP contribution in [-0.2, 0) is 26.4 Å². The molecule has 0 bridgehead atoms. The Morgan fingerprint density at radius 2 is 2.29 bits per heavy atom. The van der Waals surface area contributed by atoms with Crippen molar-refractivity contribution in [1.82, 2.24) is 4.31 Å². The molecule has 0 saturated heterocycles. The van der Waals surface area contributed by atoms with Crippen molar-refractivity contribution in [3.8, 4) is 0 Å². The van der Waals surface area contributed by atoms with Crippen molar-refractivity contribution in [2.24, 2.45) is 10.7 Å². The first-order valence-corrected chi connectivity index (χ1v) is 9.59. The van der Waals surface area contributed by atoms with E-state index in [9.17, 15) is 8.60 Å². The zero-order valence-electron chi connectivity index (χ0n) is 14.0. The minimum atomic E-state index is -2.66. The summed E-state index contributed by atoms with van der Waals surface area (Å²) in [6.45, 7) is 2.08. The third-order valence-corrected chi connectivity index (χ3v) is 6.47. The van der Waals surface area contributed by atoms with Crippen molar-refractivity contribution >= 4 is 38.6 Å². The maximum atomic E-state index is 14.5. The highest BCUT2D eigenvalue weighted by Crippen LogP contribution is 2.34. The molecule has 0 spiro atoms. The van der Waals surface area contributed by atoms with Gasteiger partial charge < -0.3 is 10.5 Å². The van der Waals surface area contributed by atoms with Crippen LogP contribution in [-0.4, -0.2) is 51.7 Å². The predicted molar refractivity (Wildman–Crippen MR) is 101 cm³/mol. The van der Waals surface area contributed by atoms with Crippen LogP contribution >= 0.6 is 12.2 Å². The number of rotatable bonds is 5. The van der Waals surface area contributed by atoms with E-state index in [2.05, 4.69) is 10.9 Å². The summed E-state index contributed by atoms with van der Waals surface area (Å²) in [7, 11) is 0.484. The van der Waals surface area contributed by atoms with E-state index >= 15 is 0 Å². The van der Waals surface area contributed by atoms with E-state index in [0.717, 1.165) is 5.56 Å². The molecule has 2 atom stereocenters. The van der Waals surface area contributed by atoms with Gasteiger partial charge in [-0.3, -0.25) is 4.31 Å². The SMILES string of the molecule is C=S1(=O)C[C@@](C)(c2cc(CC(=S)COC)ccc2F)N=C(N)N1C. The van der Waals surface area contributed by atoms with E-state index in [1.807, 2.05) is 0 Å². The van der Waals surface area contributed by atoms with Gasteiger partial charge in [0.15, 0.2) is 0 Å². The molecule has 0 aromatic heterocycles. The second-order valence-electron chi connectivity index (χ2n) is 6.12. The van der Waals surface area contributed by atoms with E-state index in [1.165, 1.54) is 10.4 Å². The number of hydrogen-bond acceptors (Lipinski definition) is 5. The standard InChI is InChI=1S/C16H22FN3O2S2/c1-16(10-24(4,21)20(2)15(18)19-16)13-8-11(5-6-14(13)17)7-12(23)9-22-3/h5-6,8H,4,7,9-10H2,1-3H3,(H2,18,19)/t16-,24?/m0/s1. The Balaban J connectivity index is 2.46. The molecule has 8 heteroatoms. The summed E-state index contributed by atoms with van der Waals surface area (Å²) >= 11 is 5.24. The summed E-state index contributed by atoms with van der Waals surface area (Å²) in [5.41, 5.74) is 6.01. The van der Waals surface area contributed by atoms with Gasteiger partial charge in [0.05, 0.1) is 22.1 Å². The highest BCUT2D eigenvalue weighted by Gasteiger charge is 2.38. The van der Waals surface area contributed by atoms with Gasteiger partial charge in [0.25, 0.3) is 0 Å². The number of methoxy groups -OCH3 is 1. The number of hydrogen-bond donors (Lipinski definition) is 1. The van der Waals surface area contributed by atoms with Gasteiger partial charge in [-0.2, -0.15) is 0 Å². The van der Waals surface area contributed by atoms with Crippen LogP contribution in [0.1, 0.15) is 18.1 Å². The van der Waals surface area contributed by atoms with Crippen LogP contribution in [0.15, 0.2) is 23.2 Å². The normalized spacial score (nSPS) is 27.0. The molecular formula is C16H22FN3O2S2. The van der Waals surface area contributed by atoms with Gasteiger partial charge in [0.1, 0.15) is 11.4 Å². The van der Waals surface area contributed by atoms with Gasteiger partial charge >= 0.3 is 0 Å². The van der Waals surface area contributed by atoms with Crippen LogP contribution in [0.3, 0.4) is 0 Å². The number of halogens is 1. The Morgan fingerprint density at radius 3 is 2.88 bits per heavy atom. The lowest BCUT2D eigenvalue weighted by molar-refractivity contribution is 0.246. The van der Waals surface area contributed by atoms with Crippen LogP contribution in [0, 0.1) is 5.82 Å². The third-order valence-electron chi connectivity index (χ3n) is 4.01. The molecule has 0 fully saturated rings. The van der Waals surface area contributed by atoms with Gasteiger partial charge in [-0.25, -0.2) is 13.6 Å². The van der Waals surface area contributed by atoms with Crippen LogP contribution < -0.4 is 5.73 Å². The molecule has 1 unspecified atom stereocenters. The maximum Gasteiger partial charge on any atom is 0.203 e. The van der Waals surface area contributed by atoms with Gasteiger partial charge in [-0.1, -0.05) is 24.4 Å². The molecule has 0 aliphatic carbocycles. The first-order valence-electron chi connectivity index (χ1n) is 7.33. The number of ether oxygens (including phenoxy) is 1. The van der Waals surface area contributed by atoms with E-state index in [1.54, 1.807) is 33.2 Å². The Bertz CT molecular complexity index is 793. The number of thiocarbonyl (C=S) groups is 1. The van der Waals surface area contributed by atoms with Crippen LogP contribution in [0.5, 0.6) is 0 Å². The predicted octanol–water partition coefficient (Wildman–Crippen LogP) is 1.49. The number of benzene rings is 1. The summed E-state index contributed by atoms with van der Waals surface area (Å²) in [5.74, 6) is 3.49. The minimum absolute atomic E-state index is 0.0834. The molecule has 2 N–H and O–H groups in total. The molecule has 2 rings (SSSR count). The molecule has 132 valence electrons. The number of nitrogens with two attached hydrogens (primary N) is 1. The van der Waals surface area contributed by atoms with Crippen LogP contribution in [0.4, 0.5) is 4.39 Å². The van der Waals surface area contributed by atoms with Crippen molar-refractivity contribution in [2.75, 3.05) is 26.5 Å². The summed E-state index contributed by atoms with van der Waals surface area (Å²) in [5, 5.41) is 0. The fraction of sp³-hybridized carbons (Fsp3) is 0.438. The smallest absolute Gasteiger partial charge is 0.203 e. The van der Waals surface area contributed by atoms with Crippen molar-refractivity contribution in [3.63, 3.8) is 0 Å². The molecule has 0 radical (unpaired) electrons. The van der Waals surface area contributed by atoms with Crippen LogP contribution in [0.25, 0.3) is 0 Å². The maximum absolute atomic E-state index is 14.5. The Labute approximate surface area is 147 Å². The second-order valence-corrected chi connectivity index (χ2v) is 9.08. The molecule has 1 aliphatic rings. The molecular weight excluding hydrogens is 349 g/mol. The molecule has 1 aliphatic heterocycles. The van der Waals surface area contributed by atoms with Crippen molar-refractivity contribution < 1.29 is 13.3 Å². The first kappa shape index (κ1) is 18.8. The minimum Gasteiger partial charge on any atom is -0.379 e. The largest absolute Gasteiger partial charge is 0.379 e. The number of guanidine groups is 1. The highest BCUT2D eigenvalue weighted by molar-refractivity contribution is 7.98. The first-order chi connectivity index (χ1) is 11.1. The second kappa shape index (κ2) is 6.78. The van der Waals surface area contributed by atoms with Gasteiger partial charge in [0, 0.05) is 31.0 Å². The average Bonchev–Trinajstić information content (AvgIpc) is 2.46. The summed E-state index contributed by atoms with van der Waals surface area (Å²) in [6.07, 6.45) is 0.491. The van der Waals surface area contributed by atoms with E-state index in [-0.39, 0.29) is 11.7 Å². The quantitative estimate of drug-likeness (QED) is 0.797. The Kier molecular flexibility index (Phi) is 5.31. The lowest BCUT2D eigenvalue weighted by Crippen LogP contribution is -2.50. The summed E-state index contributed by atoms with van der Waals surface area (Å²) in [6, 6.07) is 4.75. The monoisotopic (exact) mass is 371 g/mol. The summed E-state index contributed by atoms with van der Waals surface area (Å²) in [4.78, 5) is 5.10. The summed E-state index contributed by atoms with van der Waals surface area (Å²) < 4.78 is 33.5. The molecule has 1 heterocycles. The molecule has 5 nitrogen and oxygen atoms in total. The fourth-order valence-corrected chi connectivity index (χ4v) is 4.69. The fourth-order valence-electron chi connectivity index (χ4n) is 2.73. The van der Waals surface area contributed by atoms with E-state index < -0.39 is 21.1 Å². The molecule has 24 heavy (non-hydrogen) atoms.